The maximum atomic E-state index is 10.9. The molecule has 1 aromatic carbocycles. The van der Waals surface area contributed by atoms with Crippen LogP contribution in [0, 0.1) is 0 Å². The molecule has 0 aliphatic rings. The zero-order chi connectivity index (χ0) is 14.4. The van der Waals surface area contributed by atoms with E-state index in [1.54, 1.807) is 24.3 Å². The molecule has 0 saturated heterocycles. The van der Waals surface area contributed by atoms with Gasteiger partial charge in [0.1, 0.15) is 5.75 Å². The van der Waals surface area contributed by atoms with Gasteiger partial charge < -0.3 is 14.9 Å². The Morgan fingerprint density at radius 3 is 2.53 bits per heavy atom. The third kappa shape index (κ3) is 4.51. The molecular weight excluding hydrogens is 250 g/mol. The Morgan fingerprint density at radius 2 is 2.00 bits per heavy atom. The largest absolute Gasteiger partial charge is 0.480 e. The van der Waals surface area contributed by atoms with E-state index in [-0.39, 0.29) is 5.75 Å². The number of aliphatic imine (C=N–C) groups is 1. The van der Waals surface area contributed by atoms with Gasteiger partial charge in [0.25, 0.3) is 0 Å². The third-order valence-corrected chi connectivity index (χ3v) is 2.26. The Kier molecular flexibility index (Phi) is 5.20. The number of para-hydroxylation sites is 1. The summed E-state index contributed by atoms with van der Waals surface area (Å²) in [6.45, 7) is 2.61. The van der Waals surface area contributed by atoms with Crippen molar-refractivity contribution < 1.29 is 24.5 Å². The number of hydrogen-bond acceptors (Lipinski definition) is 5. The number of aliphatic carboxylic acids is 1. The minimum absolute atomic E-state index is 0.286. The van der Waals surface area contributed by atoms with E-state index in [4.69, 9.17) is 9.84 Å². The van der Waals surface area contributed by atoms with Crippen LogP contribution in [0.1, 0.15) is 19.4 Å². The average molecular weight is 265 g/mol. The SMILES string of the molecule is CC(=O)Oc1ccccc1C=N[C@H](C(=O)O)[C@@H](C)O. The van der Waals surface area contributed by atoms with Crippen molar-refractivity contribution >= 4 is 18.2 Å². The lowest BCUT2D eigenvalue weighted by atomic mass is 10.2. The van der Waals surface area contributed by atoms with Gasteiger partial charge in [-0.3, -0.25) is 9.79 Å². The monoisotopic (exact) mass is 265 g/mol. The molecule has 0 aliphatic heterocycles. The van der Waals surface area contributed by atoms with Gasteiger partial charge in [0.2, 0.25) is 0 Å². The van der Waals surface area contributed by atoms with Crippen molar-refractivity contribution in [2.24, 2.45) is 4.99 Å². The quantitative estimate of drug-likeness (QED) is 0.467. The predicted octanol–water partition coefficient (Wildman–Crippen LogP) is 0.865. The summed E-state index contributed by atoms with van der Waals surface area (Å²) in [5.41, 5.74) is 0.463. The lowest BCUT2D eigenvalue weighted by Gasteiger charge is -2.10. The van der Waals surface area contributed by atoms with Crippen molar-refractivity contribution in [2.45, 2.75) is 26.0 Å². The lowest BCUT2D eigenvalue weighted by Crippen LogP contribution is -2.30. The molecule has 2 atom stereocenters. The molecule has 102 valence electrons. The average Bonchev–Trinajstić information content (AvgIpc) is 2.29. The van der Waals surface area contributed by atoms with E-state index in [0.29, 0.717) is 5.56 Å². The number of carboxylic acid groups (broad SMARTS) is 1. The van der Waals surface area contributed by atoms with Gasteiger partial charge in [0, 0.05) is 18.7 Å². The molecule has 0 unspecified atom stereocenters. The van der Waals surface area contributed by atoms with Gasteiger partial charge in [-0.05, 0) is 19.1 Å². The first-order valence-electron chi connectivity index (χ1n) is 5.63. The third-order valence-electron chi connectivity index (χ3n) is 2.26. The summed E-state index contributed by atoms with van der Waals surface area (Å²) in [6, 6.07) is 5.32. The van der Waals surface area contributed by atoms with Crippen molar-refractivity contribution in [3.63, 3.8) is 0 Å². The summed E-state index contributed by atoms with van der Waals surface area (Å²) < 4.78 is 4.96. The maximum absolute atomic E-state index is 10.9. The molecule has 0 saturated carbocycles. The van der Waals surface area contributed by atoms with Crippen molar-refractivity contribution in [3.8, 4) is 5.75 Å². The standard InChI is InChI=1S/C13H15NO5/c1-8(15)12(13(17)18)14-7-10-5-3-4-6-11(10)19-9(2)16/h3-8,12,15H,1-2H3,(H,17,18)/t8-,12+/m1/s1. The Balaban J connectivity index is 2.97. The number of ether oxygens (including phenoxy) is 1. The maximum Gasteiger partial charge on any atom is 0.331 e. The zero-order valence-electron chi connectivity index (χ0n) is 10.6. The number of rotatable bonds is 5. The molecular formula is C13H15NO5. The molecule has 0 amide bonds. The van der Waals surface area contributed by atoms with E-state index in [2.05, 4.69) is 4.99 Å². The van der Waals surface area contributed by atoms with Gasteiger partial charge in [-0.1, -0.05) is 12.1 Å². The first-order chi connectivity index (χ1) is 8.91. The van der Waals surface area contributed by atoms with Crippen LogP contribution in [-0.2, 0) is 9.59 Å². The first kappa shape index (κ1) is 14.8. The van der Waals surface area contributed by atoms with Crippen LogP contribution in [0.25, 0.3) is 0 Å². The molecule has 2 N–H and O–H groups in total. The van der Waals surface area contributed by atoms with E-state index in [1.165, 1.54) is 20.1 Å². The van der Waals surface area contributed by atoms with Crippen LogP contribution in [0.15, 0.2) is 29.3 Å². The predicted molar refractivity (Wildman–Crippen MR) is 68.4 cm³/mol. The number of carbonyl (C=O) groups is 2. The molecule has 0 spiro atoms. The van der Waals surface area contributed by atoms with Crippen LogP contribution in [0.4, 0.5) is 0 Å². The molecule has 6 heteroatoms. The Bertz CT molecular complexity index is 496. The number of benzene rings is 1. The van der Waals surface area contributed by atoms with E-state index in [9.17, 15) is 14.7 Å². The Morgan fingerprint density at radius 1 is 1.37 bits per heavy atom. The van der Waals surface area contributed by atoms with Crippen LogP contribution in [0.2, 0.25) is 0 Å². The van der Waals surface area contributed by atoms with Crippen molar-refractivity contribution in [2.75, 3.05) is 0 Å². The van der Waals surface area contributed by atoms with Crippen LogP contribution < -0.4 is 4.74 Å². The lowest BCUT2D eigenvalue weighted by molar-refractivity contribution is -0.140. The Hall–Kier alpha value is -2.21. The van der Waals surface area contributed by atoms with Crippen LogP contribution in [-0.4, -0.2) is 40.5 Å². The molecule has 19 heavy (non-hydrogen) atoms. The Labute approximate surface area is 110 Å². The highest BCUT2D eigenvalue weighted by Crippen LogP contribution is 2.16. The topological polar surface area (TPSA) is 96.2 Å². The number of aliphatic hydroxyl groups excluding tert-OH is 1. The van der Waals surface area contributed by atoms with Crippen LogP contribution in [0.3, 0.4) is 0 Å². The van der Waals surface area contributed by atoms with Crippen molar-refractivity contribution in [1.82, 2.24) is 0 Å². The fourth-order valence-corrected chi connectivity index (χ4v) is 1.39. The van der Waals surface area contributed by atoms with Crippen molar-refractivity contribution in [1.29, 1.82) is 0 Å². The smallest absolute Gasteiger partial charge is 0.331 e. The number of nitrogens with zero attached hydrogens (tertiary/aromatic N) is 1. The number of hydrogen-bond donors (Lipinski definition) is 2. The number of aliphatic hydroxyl groups is 1. The summed E-state index contributed by atoms with van der Waals surface area (Å²) in [5, 5.41) is 18.2. The summed E-state index contributed by atoms with van der Waals surface area (Å²) in [6.07, 6.45) is 0.152. The summed E-state index contributed by atoms with van der Waals surface area (Å²) in [7, 11) is 0. The van der Waals surface area contributed by atoms with E-state index in [0.717, 1.165) is 0 Å². The number of carbonyl (C=O) groups excluding carboxylic acids is 1. The van der Waals surface area contributed by atoms with Crippen molar-refractivity contribution in [3.05, 3.63) is 29.8 Å². The summed E-state index contributed by atoms with van der Waals surface area (Å²) in [4.78, 5) is 25.6. The molecule has 0 aromatic heterocycles. The fraction of sp³-hybridized carbons (Fsp3) is 0.308. The molecule has 1 aromatic rings. The molecule has 0 heterocycles. The molecule has 0 fully saturated rings. The molecule has 0 bridgehead atoms. The van der Waals surface area contributed by atoms with Gasteiger partial charge in [-0.15, -0.1) is 0 Å². The summed E-state index contributed by atoms with van der Waals surface area (Å²) >= 11 is 0. The van der Waals surface area contributed by atoms with E-state index < -0.39 is 24.1 Å². The second kappa shape index (κ2) is 6.65. The minimum atomic E-state index is -1.26. The van der Waals surface area contributed by atoms with Crippen LogP contribution in [0.5, 0.6) is 5.75 Å². The second-order valence-electron chi connectivity index (χ2n) is 3.93. The highest BCUT2D eigenvalue weighted by atomic mass is 16.5. The summed E-state index contributed by atoms with van der Waals surface area (Å²) in [5.74, 6) is -1.42. The van der Waals surface area contributed by atoms with Gasteiger partial charge in [0.15, 0.2) is 6.04 Å². The highest BCUT2D eigenvalue weighted by molar-refractivity contribution is 5.87. The molecule has 1 rings (SSSR count). The van der Waals surface area contributed by atoms with Gasteiger partial charge in [0.05, 0.1) is 6.10 Å². The molecule has 0 aliphatic carbocycles. The fourth-order valence-electron chi connectivity index (χ4n) is 1.39. The van der Waals surface area contributed by atoms with E-state index >= 15 is 0 Å². The minimum Gasteiger partial charge on any atom is -0.480 e. The van der Waals surface area contributed by atoms with Crippen LogP contribution >= 0.6 is 0 Å². The van der Waals surface area contributed by atoms with Gasteiger partial charge in [-0.2, -0.15) is 0 Å². The van der Waals surface area contributed by atoms with Gasteiger partial charge >= 0.3 is 11.9 Å². The highest BCUT2D eigenvalue weighted by Gasteiger charge is 2.21. The first-order valence-corrected chi connectivity index (χ1v) is 5.63. The normalized spacial score (nSPS) is 14.1. The second-order valence-corrected chi connectivity index (χ2v) is 3.93. The van der Waals surface area contributed by atoms with Gasteiger partial charge in [-0.25, -0.2) is 4.79 Å². The zero-order valence-corrected chi connectivity index (χ0v) is 10.6. The molecule has 0 radical (unpaired) electrons. The number of carboxylic acids is 1. The number of esters is 1. The molecule has 6 nitrogen and oxygen atoms in total. The van der Waals surface area contributed by atoms with E-state index in [1.807, 2.05) is 0 Å².